The molecule has 182 valence electrons. The van der Waals surface area contributed by atoms with E-state index in [0.717, 1.165) is 18.5 Å². The number of halogens is 2. The normalized spacial score (nSPS) is 25.2. The van der Waals surface area contributed by atoms with Crippen molar-refractivity contribution < 1.29 is 14.3 Å². The smallest absolute Gasteiger partial charge is 0.274 e. The van der Waals surface area contributed by atoms with Crippen molar-refractivity contribution in [1.82, 2.24) is 19.3 Å². The van der Waals surface area contributed by atoms with Gasteiger partial charge in [-0.15, -0.1) is 0 Å². The van der Waals surface area contributed by atoms with Gasteiger partial charge in [-0.3, -0.25) is 9.48 Å². The summed E-state index contributed by atoms with van der Waals surface area (Å²) in [5.74, 6) is 6.20. The fourth-order valence-electron chi connectivity index (χ4n) is 5.56. The highest BCUT2D eigenvalue weighted by Gasteiger charge is 2.49. The highest BCUT2D eigenvalue weighted by atomic mass is 35.5. The Kier molecular flexibility index (Phi) is 5.82. The number of rotatable bonds is 3. The number of carbonyl (C=O) groups is 1. The zero-order valence-corrected chi connectivity index (χ0v) is 20.2. The lowest BCUT2D eigenvalue weighted by Crippen LogP contribution is -2.24. The van der Waals surface area contributed by atoms with Crippen molar-refractivity contribution in [2.75, 3.05) is 11.1 Å². The van der Waals surface area contributed by atoms with Gasteiger partial charge >= 0.3 is 0 Å². The van der Waals surface area contributed by atoms with Gasteiger partial charge in [0.15, 0.2) is 5.82 Å². The molecule has 2 fully saturated rings. The van der Waals surface area contributed by atoms with Crippen LogP contribution >= 0.6 is 11.6 Å². The number of benzene rings is 1. The molecular weight excluding hydrogens is 471 g/mol. The number of nitrogens with one attached hydrogen (secondary N) is 1. The molecule has 8 nitrogen and oxygen atoms in total. The maximum atomic E-state index is 13.5. The molecule has 10 heteroatoms. The van der Waals surface area contributed by atoms with Gasteiger partial charge in [0.1, 0.15) is 17.1 Å². The van der Waals surface area contributed by atoms with Crippen LogP contribution in [0.15, 0.2) is 30.7 Å². The van der Waals surface area contributed by atoms with E-state index < -0.39 is 11.4 Å². The molecule has 1 aromatic carbocycles. The predicted octanol–water partition coefficient (Wildman–Crippen LogP) is 3.47. The molecule has 2 aliphatic carbocycles. The Labute approximate surface area is 207 Å². The van der Waals surface area contributed by atoms with Crippen LogP contribution < -0.4 is 11.1 Å². The number of amides is 1. The van der Waals surface area contributed by atoms with Crippen molar-refractivity contribution in [2.24, 2.45) is 25.9 Å². The minimum Gasteiger partial charge on any atom is -0.381 e. The number of imidazole rings is 1. The number of hydrogen-bond acceptors (Lipinski definition) is 5. The number of aryl methyl sites for hydroxylation is 2. The number of nitrogen functional groups attached to an aromatic ring is 1. The Balaban J connectivity index is 1.29. The standard InChI is InChI=1S/C25H26ClFN6O2/c1-32-13-29-21(22(32)24(34)30-18-3-4-20(27)19(26)9-18)15-7-16-10-25(35,11-17(16)8-15)6-5-14-12-33(2)31-23(14)28/h3-4,9,12-13,15-17,35H,7-8,10-11H2,1-2H3,(H2,28,31)(H,30,34). The topological polar surface area (TPSA) is 111 Å². The van der Waals surface area contributed by atoms with Gasteiger partial charge in [-0.25, -0.2) is 9.37 Å². The third-order valence-corrected chi connectivity index (χ3v) is 7.36. The van der Waals surface area contributed by atoms with Crippen LogP contribution in [0.25, 0.3) is 0 Å². The van der Waals surface area contributed by atoms with Gasteiger partial charge in [0.25, 0.3) is 5.91 Å². The Bertz CT molecular complexity index is 1360. The molecule has 2 aromatic heterocycles. The van der Waals surface area contributed by atoms with Crippen molar-refractivity contribution in [2.45, 2.75) is 37.2 Å². The fraction of sp³-hybridized carbons (Fsp3) is 0.400. The SMILES string of the molecule is Cn1cc(C#CC2(O)CC3CC(c4ncn(C)c4C(=O)Nc4ccc(F)c(Cl)c4)CC3C2)c(N)n1. The van der Waals surface area contributed by atoms with E-state index in [2.05, 4.69) is 27.2 Å². The van der Waals surface area contributed by atoms with E-state index in [0.29, 0.717) is 47.4 Å². The van der Waals surface area contributed by atoms with Gasteiger partial charge in [-0.05, 0) is 55.7 Å². The van der Waals surface area contributed by atoms with E-state index >= 15 is 0 Å². The van der Waals surface area contributed by atoms with Crippen LogP contribution in [0.4, 0.5) is 15.9 Å². The second-order valence-electron chi connectivity index (χ2n) is 9.65. The highest BCUT2D eigenvalue weighted by molar-refractivity contribution is 6.31. The second kappa shape index (κ2) is 8.70. The minimum absolute atomic E-state index is 0.0570. The molecule has 0 spiro atoms. The molecule has 1 amide bonds. The van der Waals surface area contributed by atoms with Crippen LogP contribution in [0.3, 0.4) is 0 Å². The molecule has 2 unspecified atom stereocenters. The number of carbonyl (C=O) groups excluding carboxylic acids is 1. The number of nitrogens with zero attached hydrogens (tertiary/aromatic N) is 4. The number of aliphatic hydroxyl groups is 1. The number of fused-ring (bicyclic) bond motifs is 1. The Morgan fingerprint density at radius 1 is 1.31 bits per heavy atom. The summed E-state index contributed by atoms with van der Waals surface area (Å²) in [6, 6.07) is 4.06. The first-order valence-corrected chi connectivity index (χ1v) is 11.8. The zero-order chi connectivity index (χ0) is 24.9. The van der Waals surface area contributed by atoms with Crippen LogP contribution in [-0.4, -0.2) is 35.9 Å². The van der Waals surface area contributed by atoms with Crippen molar-refractivity contribution in [3.05, 3.63) is 58.5 Å². The van der Waals surface area contributed by atoms with Crippen LogP contribution in [0.2, 0.25) is 5.02 Å². The summed E-state index contributed by atoms with van der Waals surface area (Å²) in [7, 11) is 3.55. The largest absolute Gasteiger partial charge is 0.381 e. The van der Waals surface area contributed by atoms with Crippen molar-refractivity contribution >= 4 is 29.0 Å². The van der Waals surface area contributed by atoms with E-state index in [9.17, 15) is 14.3 Å². The number of hydrogen-bond donors (Lipinski definition) is 3. The fourth-order valence-corrected chi connectivity index (χ4v) is 5.74. The molecule has 3 aromatic rings. The molecule has 0 radical (unpaired) electrons. The Morgan fingerprint density at radius 3 is 2.66 bits per heavy atom. The molecule has 35 heavy (non-hydrogen) atoms. The third kappa shape index (κ3) is 4.51. The molecule has 0 saturated heterocycles. The van der Waals surface area contributed by atoms with E-state index in [1.54, 1.807) is 35.9 Å². The molecule has 2 atom stereocenters. The van der Waals surface area contributed by atoms with Gasteiger partial charge in [-0.1, -0.05) is 23.4 Å². The molecule has 4 N–H and O–H groups in total. The first-order chi connectivity index (χ1) is 16.6. The van der Waals surface area contributed by atoms with E-state index in [1.807, 2.05) is 0 Å². The van der Waals surface area contributed by atoms with E-state index in [1.165, 1.54) is 18.2 Å². The molecular formula is C25H26ClFN6O2. The molecule has 2 heterocycles. The summed E-state index contributed by atoms with van der Waals surface area (Å²) in [4.78, 5) is 17.6. The van der Waals surface area contributed by atoms with Gasteiger partial charge in [-0.2, -0.15) is 5.10 Å². The zero-order valence-electron chi connectivity index (χ0n) is 19.4. The minimum atomic E-state index is -1.06. The molecule has 0 bridgehead atoms. The van der Waals surface area contributed by atoms with Gasteiger partial charge in [0.05, 0.1) is 22.6 Å². The summed E-state index contributed by atoms with van der Waals surface area (Å²) in [6.45, 7) is 0. The summed E-state index contributed by atoms with van der Waals surface area (Å²) >= 11 is 5.85. The number of aromatic nitrogens is 4. The summed E-state index contributed by atoms with van der Waals surface area (Å²) < 4.78 is 16.8. The number of anilines is 2. The van der Waals surface area contributed by atoms with Gasteiger partial charge in [0, 0.05) is 31.9 Å². The van der Waals surface area contributed by atoms with Crippen LogP contribution in [0.1, 0.15) is 53.3 Å². The van der Waals surface area contributed by atoms with Gasteiger partial charge in [0.2, 0.25) is 0 Å². The summed E-state index contributed by atoms with van der Waals surface area (Å²) in [5.41, 5.74) is 7.04. The van der Waals surface area contributed by atoms with E-state index in [-0.39, 0.29) is 16.8 Å². The lowest BCUT2D eigenvalue weighted by Gasteiger charge is -2.19. The average molecular weight is 497 g/mol. The molecule has 2 aliphatic rings. The lowest BCUT2D eigenvalue weighted by molar-refractivity contribution is 0.0979. The van der Waals surface area contributed by atoms with Crippen LogP contribution in [0, 0.1) is 29.5 Å². The average Bonchev–Trinajstić information content (AvgIpc) is 3.51. The summed E-state index contributed by atoms with van der Waals surface area (Å²) in [5, 5.41) is 17.9. The molecule has 2 saturated carbocycles. The molecule has 0 aliphatic heterocycles. The maximum absolute atomic E-state index is 13.5. The first-order valence-electron chi connectivity index (χ1n) is 11.4. The second-order valence-corrected chi connectivity index (χ2v) is 10.1. The Morgan fingerprint density at radius 2 is 2.03 bits per heavy atom. The summed E-state index contributed by atoms with van der Waals surface area (Å²) in [6.07, 6.45) is 6.17. The predicted molar refractivity (Wildman–Crippen MR) is 130 cm³/mol. The Hall–Kier alpha value is -3.35. The van der Waals surface area contributed by atoms with Gasteiger partial charge < -0.3 is 20.7 Å². The third-order valence-electron chi connectivity index (χ3n) is 7.07. The monoisotopic (exact) mass is 496 g/mol. The van der Waals surface area contributed by atoms with Crippen LogP contribution in [-0.2, 0) is 14.1 Å². The number of nitrogens with two attached hydrogens (primary N) is 1. The maximum Gasteiger partial charge on any atom is 0.274 e. The highest BCUT2D eigenvalue weighted by Crippen LogP contribution is 2.53. The lowest BCUT2D eigenvalue weighted by atomic mass is 9.92. The van der Waals surface area contributed by atoms with Crippen molar-refractivity contribution in [1.29, 1.82) is 0 Å². The van der Waals surface area contributed by atoms with Crippen LogP contribution in [0.5, 0.6) is 0 Å². The first kappa shape index (κ1) is 23.4. The quantitative estimate of drug-likeness (QED) is 0.481. The molecule has 5 rings (SSSR count). The van der Waals surface area contributed by atoms with Crippen molar-refractivity contribution in [3.63, 3.8) is 0 Å². The van der Waals surface area contributed by atoms with E-state index in [4.69, 9.17) is 17.3 Å². The van der Waals surface area contributed by atoms with Crippen molar-refractivity contribution in [3.8, 4) is 11.8 Å².